The first-order chi connectivity index (χ1) is 14.1. The molecule has 2 aliphatic carbocycles. The van der Waals surface area contributed by atoms with Gasteiger partial charge >= 0.3 is 0 Å². The zero-order valence-corrected chi connectivity index (χ0v) is 19.4. The first-order valence-electron chi connectivity index (χ1n) is 10.7. The summed E-state index contributed by atoms with van der Waals surface area (Å²) in [4.78, 5) is 9.00. The fourth-order valence-corrected chi connectivity index (χ4v) is 6.00. The highest BCUT2D eigenvalue weighted by Crippen LogP contribution is 2.40. The summed E-state index contributed by atoms with van der Waals surface area (Å²) >= 11 is 5.89. The first kappa shape index (κ1) is 21.5. The Kier molecular flexibility index (Phi) is 5.80. The van der Waals surface area contributed by atoms with Gasteiger partial charge in [0.1, 0.15) is 5.15 Å². The lowest BCUT2D eigenvalue weighted by Crippen LogP contribution is -2.34. The number of hydrogen-bond donors (Lipinski definition) is 0. The van der Waals surface area contributed by atoms with Gasteiger partial charge in [-0.1, -0.05) is 23.2 Å². The van der Waals surface area contributed by atoms with E-state index in [4.69, 9.17) is 16.6 Å². The summed E-state index contributed by atoms with van der Waals surface area (Å²) in [5, 5.41) is 0.480. The third-order valence-corrected chi connectivity index (χ3v) is 9.51. The van der Waals surface area contributed by atoms with Crippen molar-refractivity contribution in [2.45, 2.75) is 57.6 Å². The van der Waals surface area contributed by atoms with Gasteiger partial charge in [0.25, 0.3) is 0 Å². The molecule has 4 rings (SSSR count). The molecule has 30 heavy (non-hydrogen) atoms. The minimum Gasteiger partial charge on any atom is -0.248 e. The third kappa shape index (κ3) is 4.47. The molecule has 0 atom stereocenters. The van der Waals surface area contributed by atoms with Crippen molar-refractivity contribution in [3.63, 3.8) is 0 Å². The van der Waals surface area contributed by atoms with Crippen molar-refractivity contribution in [3.8, 4) is 11.3 Å². The van der Waals surface area contributed by atoms with Gasteiger partial charge in [-0.2, -0.15) is 0 Å². The number of aromatic nitrogens is 2. The number of halogens is 1. The lowest BCUT2D eigenvalue weighted by atomic mass is 9.78. The van der Waals surface area contributed by atoms with Crippen molar-refractivity contribution in [2.24, 2.45) is 11.8 Å². The highest BCUT2D eigenvalue weighted by atomic mass is 35.5. The first-order valence-corrected chi connectivity index (χ1v) is 12.7. The van der Waals surface area contributed by atoms with Crippen molar-refractivity contribution >= 4 is 27.5 Å². The van der Waals surface area contributed by atoms with Crippen molar-refractivity contribution in [1.82, 2.24) is 9.97 Å². The predicted octanol–water partition coefficient (Wildman–Crippen LogP) is 5.76. The van der Waals surface area contributed by atoms with E-state index in [0.29, 0.717) is 16.8 Å². The zero-order valence-electron chi connectivity index (χ0n) is 17.9. The third-order valence-electron chi connectivity index (χ3n) is 6.51. The molecule has 1 fully saturated rings. The highest BCUT2D eigenvalue weighted by molar-refractivity contribution is 7.92. The Labute approximate surface area is 184 Å². The lowest BCUT2D eigenvalue weighted by molar-refractivity contribution is 0.319. The zero-order chi connectivity index (χ0) is 21.5. The Morgan fingerprint density at radius 2 is 1.80 bits per heavy atom. The van der Waals surface area contributed by atoms with Crippen molar-refractivity contribution in [3.05, 3.63) is 52.4 Å². The summed E-state index contributed by atoms with van der Waals surface area (Å²) in [5.41, 5.74) is 5.64. The maximum absolute atomic E-state index is 12.5. The number of hydrogen-bond acceptors (Lipinski definition) is 4. The van der Waals surface area contributed by atoms with E-state index in [0.717, 1.165) is 49.1 Å². The largest absolute Gasteiger partial charge is 0.248 e. The van der Waals surface area contributed by atoms with Crippen LogP contribution in [0.25, 0.3) is 17.3 Å². The normalized spacial score (nSPS) is 21.9. The van der Waals surface area contributed by atoms with Gasteiger partial charge in [-0.05, 0) is 94.5 Å². The summed E-state index contributed by atoms with van der Waals surface area (Å²) < 4.78 is 24.4. The topological polar surface area (TPSA) is 59.9 Å². The van der Waals surface area contributed by atoms with Crippen LogP contribution in [-0.4, -0.2) is 28.9 Å². The van der Waals surface area contributed by atoms with Gasteiger partial charge in [0, 0.05) is 11.8 Å². The van der Waals surface area contributed by atoms with Crippen LogP contribution in [0.4, 0.5) is 0 Å². The highest BCUT2D eigenvalue weighted by Gasteiger charge is 2.34. The smallest absolute Gasteiger partial charge is 0.155 e. The van der Waals surface area contributed by atoms with Crippen LogP contribution >= 0.6 is 11.6 Å². The van der Waals surface area contributed by atoms with E-state index in [1.165, 1.54) is 11.1 Å². The molecule has 0 spiro atoms. The van der Waals surface area contributed by atoms with E-state index in [-0.39, 0.29) is 5.92 Å². The monoisotopic (exact) mass is 444 g/mol. The Morgan fingerprint density at radius 3 is 2.43 bits per heavy atom. The molecule has 0 aliphatic heterocycles. The Morgan fingerprint density at radius 1 is 1.07 bits per heavy atom. The second-order valence-corrected chi connectivity index (χ2v) is 12.8. The molecule has 0 unspecified atom stereocenters. The van der Waals surface area contributed by atoms with Crippen LogP contribution in [0.15, 0.2) is 36.0 Å². The summed E-state index contributed by atoms with van der Waals surface area (Å²) in [6.45, 7) is 5.40. The minimum absolute atomic E-state index is 0.289. The number of allylic oxidation sites excluding steroid dienone is 1. The summed E-state index contributed by atoms with van der Waals surface area (Å²) in [5.74, 6) is 1.15. The standard InChI is InChI=1S/C24H29ClN2O2S/c1-24(2,3)30(28,29)15-16-4-6-17(7-5-16)20-12-18-8-10-21(27-22(18)13-20)19-9-11-23(25)26-14-19/h8-11,13-14,16-17H,4-7,12,15H2,1-3H3. The maximum Gasteiger partial charge on any atom is 0.155 e. The van der Waals surface area contributed by atoms with Crippen LogP contribution in [0.1, 0.15) is 57.7 Å². The van der Waals surface area contributed by atoms with Crippen LogP contribution in [0.5, 0.6) is 0 Å². The van der Waals surface area contributed by atoms with Crippen LogP contribution in [-0.2, 0) is 16.3 Å². The van der Waals surface area contributed by atoms with Gasteiger partial charge in [0.05, 0.1) is 21.9 Å². The SMILES string of the molecule is CC(C)(C)S(=O)(=O)CC1CCC(C2=Cc3nc(-c4ccc(Cl)nc4)ccc3C2)CC1. The Hall–Kier alpha value is -1.72. The second kappa shape index (κ2) is 8.08. The quantitative estimate of drug-likeness (QED) is 0.562. The van der Waals surface area contributed by atoms with Crippen LogP contribution in [0.3, 0.4) is 0 Å². The van der Waals surface area contributed by atoms with E-state index in [1.54, 1.807) is 33.0 Å². The fourth-order valence-electron chi connectivity index (χ4n) is 4.44. The summed E-state index contributed by atoms with van der Waals surface area (Å²) in [6, 6.07) is 7.94. The molecule has 2 aliphatic rings. The van der Waals surface area contributed by atoms with Crippen LogP contribution < -0.4 is 0 Å². The van der Waals surface area contributed by atoms with E-state index >= 15 is 0 Å². The number of sulfone groups is 1. The average Bonchev–Trinajstić information content (AvgIpc) is 3.11. The van der Waals surface area contributed by atoms with E-state index < -0.39 is 14.6 Å². The Bertz CT molecular complexity index is 1060. The van der Waals surface area contributed by atoms with Crippen LogP contribution in [0, 0.1) is 11.8 Å². The molecule has 2 heterocycles. The van der Waals surface area contributed by atoms with Gasteiger partial charge < -0.3 is 0 Å². The lowest BCUT2D eigenvalue weighted by Gasteiger charge is -2.31. The molecule has 0 amide bonds. The molecule has 1 saturated carbocycles. The molecule has 4 nitrogen and oxygen atoms in total. The summed E-state index contributed by atoms with van der Waals surface area (Å²) in [6.07, 6.45) is 9.07. The number of rotatable bonds is 4. The van der Waals surface area contributed by atoms with Crippen molar-refractivity contribution < 1.29 is 8.42 Å². The van der Waals surface area contributed by atoms with Gasteiger partial charge in [-0.15, -0.1) is 0 Å². The summed E-state index contributed by atoms with van der Waals surface area (Å²) in [7, 11) is -3.05. The molecule has 0 aromatic carbocycles. The average molecular weight is 445 g/mol. The number of fused-ring (bicyclic) bond motifs is 1. The molecular weight excluding hydrogens is 416 g/mol. The van der Waals surface area contributed by atoms with Crippen molar-refractivity contribution in [1.29, 1.82) is 0 Å². The second-order valence-electron chi connectivity index (χ2n) is 9.62. The molecule has 2 aromatic heterocycles. The van der Waals surface area contributed by atoms with Gasteiger partial charge in [0.2, 0.25) is 0 Å². The predicted molar refractivity (Wildman–Crippen MR) is 123 cm³/mol. The van der Waals surface area contributed by atoms with Gasteiger partial charge in [0.15, 0.2) is 9.84 Å². The number of nitrogens with zero attached hydrogens (tertiary/aromatic N) is 2. The fraction of sp³-hybridized carbons (Fsp3) is 0.500. The number of pyridine rings is 2. The van der Waals surface area contributed by atoms with Crippen LogP contribution in [0.2, 0.25) is 5.15 Å². The van der Waals surface area contributed by atoms with E-state index in [1.807, 2.05) is 6.07 Å². The maximum atomic E-state index is 12.5. The molecule has 2 aromatic rings. The molecule has 0 bridgehead atoms. The van der Waals surface area contributed by atoms with E-state index in [2.05, 4.69) is 23.2 Å². The molecule has 0 radical (unpaired) electrons. The van der Waals surface area contributed by atoms with Gasteiger partial charge in [-0.25, -0.2) is 18.4 Å². The Balaban J connectivity index is 1.42. The molecule has 0 N–H and O–H groups in total. The molecule has 0 saturated heterocycles. The van der Waals surface area contributed by atoms with E-state index in [9.17, 15) is 8.42 Å². The minimum atomic E-state index is -3.05. The molecular formula is C24H29ClN2O2S. The van der Waals surface area contributed by atoms with Crippen molar-refractivity contribution in [2.75, 3.05) is 5.75 Å². The molecule has 160 valence electrons. The molecule has 6 heteroatoms. The van der Waals surface area contributed by atoms with Gasteiger partial charge in [-0.3, -0.25) is 0 Å².